The van der Waals surface area contributed by atoms with E-state index in [0.29, 0.717) is 47.6 Å². The maximum atomic E-state index is 12.5. The van der Waals surface area contributed by atoms with Crippen molar-refractivity contribution >= 4 is 29.2 Å². The molecule has 0 saturated carbocycles. The van der Waals surface area contributed by atoms with Gasteiger partial charge in [-0.2, -0.15) is 5.10 Å². The number of aromatic amines is 1. The lowest BCUT2D eigenvalue weighted by atomic mass is 9.93. The molecule has 0 bridgehead atoms. The van der Waals surface area contributed by atoms with Gasteiger partial charge in [0.15, 0.2) is 0 Å². The molecule has 2 heterocycles. The van der Waals surface area contributed by atoms with Crippen LogP contribution >= 0.6 is 11.6 Å². The quantitative estimate of drug-likeness (QED) is 0.565. The second kappa shape index (κ2) is 11.2. The zero-order chi connectivity index (χ0) is 22.2. The number of anilines is 1. The molecule has 0 spiro atoms. The zero-order valence-corrected chi connectivity index (χ0v) is 18.7. The first-order valence-electron chi connectivity index (χ1n) is 10.5. The number of likely N-dealkylation sites (tertiary alicyclic amines) is 1. The monoisotopic (exact) mass is 448 g/mol. The number of piperidine rings is 1. The SMILES string of the molecule is CCOC(=O)c1[nH]ncc1CN1CCCC(CCC(=O)Nc2cc(Cl)ccc2OC)C1. The number of aromatic nitrogens is 2. The number of nitrogens with one attached hydrogen (secondary N) is 2. The summed E-state index contributed by atoms with van der Waals surface area (Å²) in [4.78, 5) is 26.8. The predicted molar refractivity (Wildman–Crippen MR) is 118 cm³/mol. The van der Waals surface area contributed by atoms with Crippen LogP contribution < -0.4 is 10.1 Å². The Morgan fingerprint density at radius 3 is 3.00 bits per heavy atom. The summed E-state index contributed by atoms with van der Waals surface area (Å²) in [5.41, 5.74) is 1.83. The first-order chi connectivity index (χ1) is 15.0. The topological polar surface area (TPSA) is 96.6 Å². The number of carbonyl (C=O) groups excluding carboxylic acids is 2. The Kier molecular flexibility index (Phi) is 8.31. The number of rotatable bonds is 9. The van der Waals surface area contributed by atoms with Crippen LogP contribution in [0, 0.1) is 5.92 Å². The average Bonchev–Trinajstić information content (AvgIpc) is 3.21. The Labute approximate surface area is 187 Å². The molecular weight excluding hydrogens is 420 g/mol. The molecule has 9 heteroatoms. The standard InChI is InChI=1S/C22H29ClN4O4/c1-3-31-22(29)21-16(12-24-26-21)14-27-10-4-5-15(13-27)6-9-20(28)25-18-11-17(23)7-8-19(18)30-2/h7-8,11-12,15H,3-6,9-10,13-14H2,1-2H3,(H,24,26)(H,25,28). The van der Waals surface area contributed by atoms with Gasteiger partial charge >= 0.3 is 5.97 Å². The van der Waals surface area contributed by atoms with Gasteiger partial charge in [0, 0.05) is 30.1 Å². The number of hydrogen-bond donors (Lipinski definition) is 2. The molecule has 2 N–H and O–H groups in total. The van der Waals surface area contributed by atoms with E-state index in [1.54, 1.807) is 38.4 Å². The lowest BCUT2D eigenvalue weighted by Crippen LogP contribution is -2.35. The third kappa shape index (κ3) is 6.45. The minimum Gasteiger partial charge on any atom is -0.495 e. The van der Waals surface area contributed by atoms with Crippen molar-refractivity contribution < 1.29 is 19.1 Å². The van der Waals surface area contributed by atoms with Gasteiger partial charge in [-0.05, 0) is 56.8 Å². The van der Waals surface area contributed by atoms with E-state index in [9.17, 15) is 9.59 Å². The lowest BCUT2D eigenvalue weighted by molar-refractivity contribution is -0.116. The first kappa shape index (κ1) is 23.1. The summed E-state index contributed by atoms with van der Waals surface area (Å²) >= 11 is 6.03. The number of esters is 1. The fourth-order valence-electron chi connectivity index (χ4n) is 3.91. The number of carbonyl (C=O) groups is 2. The van der Waals surface area contributed by atoms with Crippen LogP contribution in [0.25, 0.3) is 0 Å². The Morgan fingerprint density at radius 1 is 1.39 bits per heavy atom. The molecule has 0 radical (unpaired) electrons. The van der Waals surface area contributed by atoms with Crippen LogP contribution in [-0.4, -0.2) is 53.8 Å². The highest BCUT2D eigenvalue weighted by atomic mass is 35.5. The molecule has 1 amide bonds. The molecule has 168 valence electrons. The maximum absolute atomic E-state index is 12.5. The second-order valence-corrected chi connectivity index (χ2v) is 8.10. The van der Waals surface area contributed by atoms with Crippen molar-refractivity contribution in [2.75, 3.05) is 32.1 Å². The van der Waals surface area contributed by atoms with Gasteiger partial charge < -0.3 is 14.8 Å². The Hall–Kier alpha value is -2.58. The normalized spacial score (nSPS) is 16.7. The van der Waals surface area contributed by atoms with Crippen LogP contribution in [0.1, 0.15) is 48.7 Å². The fourth-order valence-corrected chi connectivity index (χ4v) is 4.08. The Morgan fingerprint density at radius 2 is 2.23 bits per heavy atom. The van der Waals surface area contributed by atoms with E-state index in [2.05, 4.69) is 20.4 Å². The van der Waals surface area contributed by atoms with Gasteiger partial charge in [-0.15, -0.1) is 0 Å². The molecule has 1 fully saturated rings. The highest BCUT2D eigenvalue weighted by molar-refractivity contribution is 6.31. The van der Waals surface area contributed by atoms with E-state index in [1.165, 1.54) is 0 Å². The minimum absolute atomic E-state index is 0.0582. The molecule has 31 heavy (non-hydrogen) atoms. The first-order valence-corrected chi connectivity index (χ1v) is 10.9. The number of benzene rings is 1. The molecule has 1 saturated heterocycles. The minimum atomic E-state index is -0.378. The lowest BCUT2D eigenvalue weighted by Gasteiger charge is -2.32. The van der Waals surface area contributed by atoms with E-state index in [0.717, 1.165) is 37.9 Å². The maximum Gasteiger partial charge on any atom is 0.356 e. The van der Waals surface area contributed by atoms with E-state index in [4.69, 9.17) is 21.1 Å². The van der Waals surface area contributed by atoms with Gasteiger partial charge in [0.1, 0.15) is 11.4 Å². The summed E-state index contributed by atoms with van der Waals surface area (Å²) < 4.78 is 10.4. The predicted octanol–water partition coefficient (Wildman–Crippen LogP) is 3.88. The summed E-state index contributed by atoms with van der Waals surface area (Å²) in [5.74, 6) is 0.562. The summed E-state index contributed by atoms with van der Waals surface area (Å²) in [6.45, 7) is 4.57. The Balaban J connectivity index is 1.50. The van der Waals surface area contributed by atoms with Crippen molar-refractivity contribution in [3.8, 4) is 5.75 Å². The van der Waals surface area contributed by atoms with Crippen LogP contribution in [0.15, 0.2) is 24.4 Å². The molecule has 1 aliphatic heterocycles. The van der Waals surface area contributed by atoms with Crippen LogP contribution in [0.4, 0.5) is 5.69 Å². The Bertz CT molecular complexity index is 901. The van der Waals surface area contributed by atoms with Crippen molar-refractivity contribution in [3.05, 3.63) is 40.7 Å². The largest absolute Gasteiger partial charge is 0.495 e. The average molecular weight is 449 g/mol. The van der Waals surface area contributed by atoms with E-state index in [-0.39, 0.29) is 11.9 Å². The number of halogens is 1. The second-order valence-electron chi connectivity index (χ2n) is 7.67. The molecule has 2 aromatic rings. The molecular formula is C22H29ClN4O4. The molecule has 1 aromatic heterocycles. The molecule has 1 aromatic carbocycles. The van der Waals surface area contributed by atoms with Gasteiger partial charge in [-0.25, -0.2) is 4.79 Å². The van der Waals surface area contributed by atoms with E-state index < -0.39 is 0 Å². The fraction of sp³-hybridized carbons (Fsp3) is 0.500. The van der Waals surface area contributed by atoms with Crippen molar-refractivity contribution in [1.29, 1.82) is 0 Å². The van der Waals surface area contributed by atoms with Gasteiger partial charge in [-0.1, -0.05) is 11.6 Å². The third-order valence-corrected chi connectivity index (χ3v) is 5.64. The number of methoxy groups -OCH3 is 1. The van der Waals surface area contributed by atoms with Crippen molar-refractivity contribution in [1.82, 2.24) is 15.1 Å². The van der Waals surface area contributed by atoms with E-state index >= 15 is 0 Å². The van der Waals surface area contributed by atoms with Crippen LogP contribution in [-0.2, 0) is 16.1 Å². The summed E-state index contributed by atoms with van der Waals surface area (Å²) in [6, 6.07) is 5.14. The van der Waals surface area contributed by atoms with Gasteiger partial charge in [-0.3, -0.25) is 14.8 Å². The molecule has 0 aliphatic carbocycles. The highest BCUT2D eigenvalue weighted by Gasteiger charge is 2.23. The van der Waals surface area contributed by atoms with Crippen molar-refractivity contribution in [2.45, 2.75) is 39.2 Å². The number of ether oxygens (including phenoxy) is 2. The summed E-state index contributed by atoms with van der Waals surface area (Å²) in [6.07, 6.45) is 5.04. The molecule has 1 atom stereocenters. The number of H-pyrrole nitrogens is 1. The molecule has 1 aliphatic rings. The summed E-state index contributed by atoms with van der Waals surface area (Å²) in [5, 5.41) is 10.2. The zero-order valence-electron chi connectivity index (χ0n) is 17.9. The highest BCUT2D eigenvalue weighted by Crippen LogP contribution is 2.28. The van der Waals surface area contributed by atoms with E-state index in [1.807, 2.05) is 0 Å². The number of hydrogen-bond acceptors (Lipinski definition) is 6. The molecule has 3 rings (SSSR count). The van der Waals surface area contributed by atoms with Crippen LogP contribution in [0.5, 0.6) is 5.75 Å². The van der Waals surface area contributed by atoms with Gasteiger partial charge in [0.25, 0.3) is 0 Å². The van der Waals surface area contributed by atoms with Crippen molar-refractivity contribution in [2.24, 2.45) is 5.92 Å². The summed E-state index contributed by atoms with van der Waals surface area (Å²) in [7, 11) is 1.56. The van der Waals surface area contributed by atoms with Crippen LogP contribution in [0.2, 0.25) is 5.02 Å². The van der Waals surface area contributed by atoms with Gasteiger partial charge in [0.05, 0.1) is 25.6 Å². The van der Waals surface area contributed by atoms with Gasteiger partial charge in [0.2, 0.25) is 5.91 Å². The van der Waals surface area contributed by atoms with Crippen molar-refractivity contribution in [3.63, 3.8) is 0 Å². The number of amides is 1. The molecule has 8 nitrogen and oxygen atoms in total. The number of nitrogens with zero attached hydrogens (tertiary/aromatic N) is 2. The molecule has 1 unspecified atom stereocenters. The smallest absolute Gasteiger partial charge is 0.356 e. The van der Waals surface area contributed by atoms with Crippen LogP contribution in [0.3, 0.4) is 0 Å². The third-order valence-electron chi connectivity index (χ3n) is 5.41.